The molecule has 6 heteroatoms. The zero-order valence-corrected chi connectivity index (χ0v) is 15.0. The molecule has 5 nitrogen and oxygen atoms in total. The standard InChI is InChI=1S/C18H24N4OS/c1-13-16(24-17(20-13)14-6-4-3-5-7-14)12-19-18(23)21-15-8-10-22(2)11-9-15/h3-7,15H,8-12H2,1-2H3,(H2,19,21,23). The van der Waals surface area contributed by atoms with Crippen molar-refractivity contribution in [2.45, 2.75) is 32.4 Å². The molecule has 24 heavy (non-hydrogen) atoms. The van der Waals surface area contributed by atoms with Crippen LogP contribution in [0.5, 0.6) is 0 Å². The van der Waals surface area contributed by atoms with E-state index in [9.17, 15) is 4.79 Å². The Morgan fingerprint density at radius 3 is 2.71 bits per heavy atom. The van der Waals surface area contributed by atoms with Crippen LogP contribution >= 0.6 is 11.3 Å². The summed E-state index contributed by atoms with van der Waals surface area (Å²) < 4.78 is 0. The van der Waals surface area contributed by atoms with Gasteiger partial charge in [-0.15, -0.1) is 11.3 Å². The molecule has 1 fully saturated rings. The van der Waals surface area contributed by atoms with Gasteiger partial charge in [0.25, 0.3) is 0 Å². The molecule has 1 aliphatic heterocycles. The fourth-order valence-electron chi connectivity index (χ4n) is 2.85. The highest BCUT2D eigenvalue weighted by Crippen LogP contribution is 2.27. The average molecular weight is 344 g/mol. The number of hydrogen-bond acceptors (Lipinski definition) is 4. The van der Waals surface area contributed by atoms with Crippen LogP contribution in [0.1, 0.15) is 23.4 Å². The minimum Gasteiger partial charge on any atom is -0.335 e. The van der Waals surface area contributed by atoms with E-state index in [-0.39, 0.29) is 12.1 Å². The SMILES string of the molecule is Cc1nc(-c2ccccc2)sc1CNC(=O)NC1CCN(C)CC1. The lowest BCUT2D eigenvalue weighted by Crippen LogP contribution is -2.46. The van der Waals surface area contributed by atoms with Gasteiger partial charge in [-0.05, 0) is 39.9 Å². The van der Waals surface area contributed by atoms with E-state index in [0.29, 0.717) is 6.54 Å². The second-order valence-corrected chi connectivity index (χ2v) is 7.38. The van der Waals surface area contributed by atoms with E-state index < -0.39 is 0 Å². The van der Waals surface area contributed by atoms with Crippen molar-refractivity contribution < 1.29 is 4.79 Å². The lowest BCUT2D eigenvalue weighted by molar-refractivity contribution is 0.213. The minimum absolute atomic E-state index is 0.0846. The van der Waals surface area contributed by atoms with E-state index in [1.807, 2.05) is 25.1 Å². The first-order valence-corrected chi connectivity index (χ1v) is 9.18. The normalized spacial score (nSPS) is 16.1. The van der Waals surface area contributed by atoms with Gasteiger partial charge in [0.2, 0.25) is 0 Å². The van der Waals surface area contributed by atoms with E-state index >= 15 is 0 Å². The molecule has 1 aliphatic rings. The van der Waals surface area contributed by atoms with Crippen LogP contribution in [-0.2, 0) is 6.54 Å². The van der Waals surface area contributed by atoms with Crippen LogP contribution in [-0.4, -0.2) is 42.1 Å². The Kier molecular flexibility index (Phi) is 5.48. The molecule has 1 aromatic heterocycles. The van der Waals surface area contributed by atoms with Gasteiger partial charge in [0.1, 0.15) is 5.01 Å². The van der Waals surface area contributed by atoms with Crippen molar-refractivity contribution in [2.24, 2.45) is 0 Å². The summed E-state index contributed by atoms with van der Waals surface area (Å²) >= 11 is 1.64. The van der Waals surface area contributed by atoms with Gasteiger partial charge in [0.05, 0.1) is 12.2 Å². The molecule has 0 bridgehead atoms. The third-order valence-corrected chi connectivity index (χ3v) is 5.58. The number of piperidine rings is 1. The van der Waals surface area contributed by atoms with E-state index in [0.717, 1.165) is 47.1 Å². The molecular formula is C18H24N4OS. The Balaban J connectivity index is 1.53. The highest BCUT2D eigenvalue weighted by molar-refractivity contribution is 7.15. The maximum absolute atomic E-state index is 12.1. The van der Waals surface area contributed by atoms with Crippen LogP contribution in [0, 0.1) is 6.92 Å². The number of carbonyl (C=O) groups is 1. The van der Waals surface area contributed by atoms with E-state index in [1.54, 1.807) is 11.3 Å². The van der Waals surface area contributed by atoms with Crippen molar-refractivity contribution in [1.29, 1.82) is 0 Å². The maximum atomic E-state index is 12.1. The fourth-order valence-corrected chi connectivity index (χ4v) is 3.85. The zero-order chi connectivity index (χ0) is 16.9. The van der Waals surface area contributed by atoms with Gasteiger partial charge in [-0.2, -0.15) is 0 Å². The molecule has 2 aromatic rings. The number of aromatic nitrogens is 1. The van der Waals surface area contributed by atoms with Crippen molar-refractivity contribution >= 4 is 17.4 Å². The molecule has 2 heterocycles. The summed E-state index contributed by atoms with van der Waals surface area (Å²) in [5, 5.41) is 7.05. The van der Waals surface area contributed by atoms with E-state index in [4.69, 9.17) is 0 Å². The van der Waals surface area contributed by atoms with Gasteiger partial charge < -0.3 is 15.5 Å². The smallest absolute Gasteiger partial charge is 0.315 e. The molecule has 2 amide bonds. The number of carbonyl (C=O) groups excluding carboxylic acids is 1. The van der Waals surface area contributed by atoms with Gasteiger partial charge in [0, 0.05) is 16.5 Å². The number of rotatable bonds is 4. The molecule has 0 aliphatic carbocycles. The number of thiazole rings is 1. The molecule has 1 saturated heterocycles. The molecule has 1 aromatic carbocycles. The highest BCUT2D eigenvalue weighted by atomic mass is 32.1. The first kappa shape index (κ1) is 16.9. The van der Waals surface area contributed by atoms with Crippen LogP contribution in [0.2, 0.25) is 0 Å². The molecule has 128 valence electrons. The Hall–Kier alpha value is -1.92. The summed E-state index contributed by atoms with van der Waals surface area (Å²) in [6.45, 7) is 4.60. The summed E-state index contributed by atoms with van der Waals surface area (Å²) in [6, 6.07) is 10.3. The second kappa shape index (κ2) is 7.77. The molecule has 0 unspecified atom stereocenters. The number of hydrogen-bond donors (Lipinski definition) is 2. The molecule has 0 atom stereocenters. The van der Waals surface area contributed by atoms with Crippen LogP contribution in [0.3, 0.4) is 0 Å². The highest BCUT2D eigenvalue weighted by Gasteiger charge is 2.18. The Morgan fingerprint density at radius 1 is 1.29 bits per heavy atom. The van der Waals surface area contributed by atoms with Crippen LogP contribution in [0.15, 0.2) is 30.3 Å². The number of nitrogens with one attached hydrogen (secondary N) is 2. The van der Waals surface area contributed by atoms with Gasteiger partial charge in [-0.3, -0.25) is 0 Å². The Bertz CT molecular complexity index is 678. The topological polar surface area (TPSA) is 57.3 Å². The lowest BCUT2D eigenvalue weighted by Gasteiger charge is -2.29. The number of likely N-dealkylation sites (tertiary alicyclic amines) is 1. The van der Waals surface area contributed by atoms with Crippen LogP contribution in [0.25, 0.3) is 10.6 Å². The summed E-state index contributed by atoms with van der Waals surface area (Å²) in [5.74, 6) is 0. The van der Waals surface area contributed by atoms with Gasteiger partial charge in [-0.1, -0.05) is 30.3 Å². The zero-order valence-electron chi connectivity index (χ0n) is 14.2. The van der Waals surface area contributed by atoms with Crippen molar-refractivity contribution in [2.75, 3.05) is 20.1 Å². The first-order valence-electron chi connectivity index (χ1n) is 8.36. The van der Waals surface area contributed by atoms with E-state index in [1.165, 1.54) is 0 Å². The Morgan fingerprint density at radius 2 is 2.00 bits per heavy atom. The number of aryl methyl sites for hydroxylation is 1. The summed E-state index contributed by atoms with van der Waals surface area (Å²) in [6.07, 6.45) is 2.03. The van der Waals surface area contributed by atoms with Crippen LogP contribution in [0.4, 0.5) is 4.79 Å². The predicted octanol–water partition coefficient (Wildman–Crippen LogP) is 3.01. The molecule has 0 spiro atoms. The van der Waals surface area contributed by atoms with Gasteiger partial charge >= 0.3 is 6.03 Å². The van der Waals surface area contributed by atoms with Gasteiger partial charge in [0.15, 0.2) is 0 Å². The lowest BCUT2D eigenvalue weighted by atomic mass is 10.1. The minimum atomic E-state index is -0.0846. The van der Waals surface area contributed by atoms with Crippen molar-refractivity contribution in [3.8, 4) is 10.6 Å². The van der Waals surface area contributed by atoms with Gasteiger partial charge in [-0.25, -0.2) is 9.78 Å². The van der Waals surface area contributed by atoms with Crippen LogP contribution < -0.4 is 10.6 Å². The predicted molar refractivity (Wildman–Crippen MR) is 98.2 cm³/mol. The third-order valence-electron chi connectivity index (χ3n) is 4.38. The molecule has 0 saturated carbocycles. The fraction of sp³-hybridized carbons (Fsp3) is 0.444. The monoisotopic (exact) mass is 344 g/mol. The molecule has 3 rings (SSSR count). The number of urea groups is 1. The summed E-state index contributed by atoms with van der Waals surface area (Å²) in [7, 11) is 2.12. The third kappa shape index (κ3) is 4.33. The number of benzene rings is 1. The molecular weight excluding hydrogens is 320 g/mol. The number of nitrogens with zero attached hydrogens (tertiary/aromatic N) is 2. The maximum Gasteiger partial charge on any atom is 0.315 e. The number of amides is 2. The largest absolute Gasteiger partial charge is 0.335 e. The first-order chi connectivity index (χ1) is 11.6. The van der Waals surface area contributed by atoms with Crippen molar-refractivity contribution in [1.82, 2.24) is 20.5 Å². The second-order valence-electron chi connectivity index (χ2n) is 6.30. The van der Waals surface area contributed by atoms with Crippen molar-refractivity contribution in [3.05, 3.63) is 40.9 Å². The van der Waals surface area contributed by atoms with E-state index in [2.05, 4.69) is 39.7 Å². The summed E-state index contributed by atoms with van der Waals surface area (Å²) in [5.41, 5.74) is 2.10. The molecule has 0 radical (unpaired) electrons. The average Bonchev–Trinajstić information content (AvgIpc) is 2.97. The molecule has 2 N–H and O–H groups in total. The quantitative estimate of drug-likeness (QED) is 0.896. The Labute approximate surface area is 147 Å². The van der Waals surface area contributed by atoms with Crippen molar-refractivity contribution in [3.63, 3.8) is 0 Å². The summed E-state index contributed by atoms with van der Waals surface area (Å²) in [4.78, 5) is 20.1.